The summed E-state index contributed by atoms with van der Waals surface area (Å²) in [6.07, 6.45) is 9.53. The molecule has 1 aliphatic carbocycles. The molecule has 1 aliphatic rings. The molecule has 1 aromatic carbocycles. The molecule has 3 atom stereocenters. The van der Waals surface area contributed by atoms with Crippen molar-refractivity contribution in [2.75, 3.05) is 0 Å². The summed E-state index contributed by atoms with van der Waals surface area (Å²) in [7, 11) is 0. The van der Waals surface area contributed by atoms with Crippen LogP contribution in [0, 0.1) is 11.8 Å². The van der Waals surface area contributed by atoms with Gasteiger partial charge >= 0.3 is 0 Å². The largest absolute Gasteiger partial charge is 0.118 e. The predicted molar refractivity (Wildman–Crippen MR) is 80.0 cm³/mol. The number of hydrogen-bond donors (Lipinski definition) is 0. The highest BCUT2D eigenvalue weighted by Crippen LogP contribution is 2.37. The van der Waals surface area contributed by atoms with Crippen LogP contribution in [0.2, 0.25) is 0 Å². The summed E-state index contributed by atoms with van der Waals surface area (Å²) in [6.45, 7) is 2.35. The monoisotopic (exact) mass is 264 g/mol. The third kappa shape index (κ3) is 3.75. The third-order valence-electron chi connectivity index (χ3n) is 4.54. The molecule has 1 heteroatoms. The third-order valence-corrected chi connectivity index (χ3v) is 5.01. The summed E-state index contributed by atoms with van der Waals surface area (Å²) in [4.78, 5) is 0. The molecule has 0 heterocycles. The van der Waals surface area contributed by atoms with E-state index in [1.807, 2.05) is 0 Å². The van der Waals surface area contributed by atoms with E-state index in [4.69, 9.17) is 11.6 Å². The Kier molecular flexibility index (Phi) is 5.56. The molecule has 3 unspecified atom stereocenters. The number of rotatable bonds is 5. The molecular formula is C17H25Cl. The minimum absolute atomic E-state index is 0.200. The van der Waals surface area contributed by atoms with E-state index < -0.39 is 0 Å². The Hall–Kier alpha value is -0.490. The predicted octanol–water partition coefficient (Wildman–Crippen LogP) is 5.96. The molecule has 0 aliphatic heterocycles. The Morgan fingerprint density at radius 1 is 1.11 bits per heavy atom. The molecule has 0 aromatic heterocycles. The molecular weight excluding hydrogens is 240 g/mol. The van der Waals surface area contributed by atoms with Gasteiger partial charge in [-0.15, -0.1) is 11.6 Å². The maximum Gasteiger partial charge on any atom is 0.0585 e. The fourth-order valence-electron chi connectivity index (χ4n) is 3.39. The van der Waals surface area contributed by atoms with Gasteiger partial charge in [0, 0.05) is 0 Å². The van der Waals surface area contributed by atoms with Gasteiger partial charge in [-0.2, -0.15) is 0 Å². The topological polar surface area (TPSA) is 0 Å². The van der Waals surface area contributed by atoms with Crippen LogP contribution in [0.1, 0.15) is 62.8 Å². The molecule has 1 aromatic rings. The van der Waals surface area contributed by atoms with E-state index in [-0.39, 0.29) is 5.38 Å². The van der Waals surface area contributed by atoms with Crippen LogP contribution in [-0.2, 0) is 0 Å². The van der Waals surface area contributed by atoms with Crippen molar-refractivity contribution in [1.82, 2.24) is 0 Å². The first-order valence-electron chi connectivity index (χ1n) is 7.50. The lowest BCUT2D eigenvalue weighted by Crippen LogP contribution is -2.19. The number of halogens is 1. The number of alkyl halides is 1. The Morgan fingerprint density at radius 3 is 2.44 bits per heavy atom. The van der Waals surface area contributed by atoms with Gasteiger partial charge in [0.2, 0.25) is 0 Å². The lowest BCUT2D eigenvalue weighted by Gasteiger charge is -2.31. The first-order chi connectivity index (χ1) is 8.81. The van der Waals surface area contributed by atoms with Crippen molar-refractivity contribution in [3.05, 3.63) is 35.9 Å². The standard InChI is InChI=1S/C17H25Cl/c1-2-14-8-6-7-9-15(14)12-13-17(18)16-10-4-3-5-11-16/h3-5,10-11,14-15,17H,2,6-9,12-13H2,1H3. The normalized spacial score (nSPS) is 25.9. The summed E-state index contributed by atoms with van der Waals surface area (Å²) in [5.41, 5.74) is 1.28. The quantitative estimate of drug-likeness (QED) is 0.575. The van der Waals surface area contributed by atoms with Crippen molar-refractivity contribution in [1.29, 1.82) is 0 Å². The van der Waals surface area contributed by atoms with E-state index in [0.717, 1.165) is 18.3 Å². The van der Waals surface area contributed by atoms with Crippen LogP contribution < -0.4 is 0 Å². The van der Waals surface area contributed by atoms with Crippen molar-refractivity contribution in [2.24, 2.45) is 11.8 Å². The molecule has 18 heavy (non-hydrogen) atoms. The van der Waals surface area contributed by atoms with Crippen LogP contribution in [0.4, 0.5) is 0 Å². The number of hydrogen-bond acceptors (Lipinski definition) is 0. The van der Waals surface area contributed by atoms with Crippen molar-refractivity contribution in [3.8, 4) is 0 Å². The van der Waals surface area contributed by atoms with Crippen molar-refractivity contribution in [2.45, 2.75) is 57.2 Å². The molecule has 100 valence electrons. The van der Waals surface area contributed by atoms with Gasteiger partial charge in [-0.25, -0.2) is 0 Å². The Bertz CT molecular complexity index is 333. The van der Waals surface area contributed by atoms with E-state index in [9.17, 15) is 0 Å². The molecule has 1 saturated carbocycles. The van der Waals surface area contributed by atoms with Gasteiger partial charge in [0.25, 0.3) is 0 Å². The fourth-order valence-corrected chi connectivity index (χ4v) is 3.66. The fraction of sp³-hybridized carbons (Fsp3) is 0.647. The second kappa shape index (κ2) is 7.19. The molecule has 0 spiro atoms. The summed E-state index contributed by atoms with van der Waals surface area (Å²) < 4.78 is 0. The van der Waals surface area contributed by atoms with Crippen molar-refractivity contribution < 1.29 is 0 Å². The molecule has 0 saturated heterocycles. The first kappa shape index (κ1) is 13.9. The summed E-state index contributed by atoms with van der Waals surface area (Å²) >= 11 is 6.52. The lowest BCUT2D eigenvalue weighted by molar-refractivity contribution is 0.214. The van der Waals surface area contributed by atoms with Crippen LogP contribution >= 0.6 is 11.6 Å². The molecule has 0 bridgehead atoms. The van der Waals surface area contributed by atoms with Gasteiger partial charge in [-0.05, 0) is 30.2 Å². The second-order valence-electron chi connectivity index (χ2n) is 5.67. The van der Waals surface area contributed by atoms with Gasteiger partial charge in [0.15, 0.2) is 0 Å². The average molecular weight is 265 g/mol. The molecule has 1 fully saturated rings. The Labute approximate surface area is 117 Å². The van der Waals surface area contributed by atoms with Crippen LogP contribution in [-0.4, -0.2) is 0 Å². The van der Waals surface area contributed by atoms with E-state index in [2.05, 4.69) is 37.3 Å². The average Bonchev–Trinajstić information content (AvgIpc) is 2.46. The number of benzene rings is 1. The van der Waals surface area contributed by atoms with E-state index in [1.54, 1.807) is 0 Å². The SMILES string of the molecule is CCC1CCCCC1CCC(Cl)c1ccccc1. The Morgan fingerprint density at radius 2 is 1.78 bits per heavy atom. The highest BCUT2D eigenvalue weighted by atomic mass is 35.5. The minimum atomic E-state index is 0.200. The highest BCUT2D eigenvalue weighted by Gasteiger charge is 2.24. The van der Waals surface area contributed by atoms with Crippen molar-refractivity contribution in [3.63, 3.8) is 0 Å². The maximum atomic E-state index is 6.52. The summed E-state index contributed by atoms with van der Waals surface area (Å²) in [5, 5.41) is 0.200. The summed E-state index contributed by atoms with van der Waals surface area (Å²) in [5.74, 6) is 1.88. The van der Waals surface area contributed by atoms with Crippen LogP contribution in [0.3, 0.4) is 0 Å². The minimum Gasteiger partial charge on any atom is -0.118 e. The van der Waals surface area contributed by atoms with Crippen LogP contribution in [0.25, 0.3) is 0 Å². The summed E-state index contributed by atoms with van der Waals surface area (Å²) in [6, 6.07) is 10.5. The first-order valence-corrected chi connectivity index (χ1v) is 7.94. The molecule has 0 N–H and O–H groups in total. The highest BCUT2D eigenvalue weighted by molar-refractivity contribution is 6.20. The van der Waals surface area contributed by atoms with Gasteiger partial charge in [-0.3, -0.25) is 0 Å². The second-order valence-corrected chi connectivity index (χ2v) is 6.20. The van der Waals surface area contributed by atoms with Crippen molar-refractivity contribution >= 4 is 11.6 Å². The van der Waals surface area contributed by atoms with Gasteiger partial charge < -0.3 is 0 Å². The van der Waals surface area contributed by atoms with Gasteiger partial charge in [0.1, 0.15) is 0 Å². The smallest absolute Gasteiger partial charge is 0.0585 e. The zero-order chi connectivity index (χ0) is 12.8. The van der Waals surface area contributed by atoms with Crippen LogP contribution in [0.5, 0.6) is 0 Å². The molecule has 0 amide bonds. The zero-order valence-corrected chi connectivity index (χ0v) is 12.2. The molecule has 0 radical (unpaired) electrons. The van der Waals surface area contributed by atoms with Gasteiger partial charge in [-0.1, -0.05) is 69.4 Å². The van der Waals surface area contributed by atoms with E-state index in [0.29, 0.717) is 0 Å². The Balaban J connectivity index is 1.83. The molecule has 2 rings (SSSR count). The zero-order valence-electron chi connectivity index (χ0n) is 11.4. The maximum absolute atomic E-state index is 6.52. The lowest BCUT2D eigenvalue weighted by atomic mass is 9.75. The van der Waals surface area contributed by atoms with E-state index >= 15 is 0 Å². The van der Waals surface area contributed by atoms with Gasteiger partial charge in [0.05, 0.1) is 5.38 Å². The molecule has 0 nitrogen and oxygen atoms in total. The van der Waals surface area contributed by atoms with Crippen LogP contribution in [0.15, 0.2) is 30.3 Å². The van der Waals surface area contributed by atoms with E-state index in [1.165, 1.54) is 44.1 Å².